The molecule has 0 N–H and O–H groups in total. The van der Waals surface area contributed by atoms with Crippen molar-refractivity contribution in [3.8, 4) is 5.75 Å². The largest absolute Gasteiger partial charge is 0.497 e. The maximum Gasteiger partial charge on any atom is 0.416 e. The summed E-state index contributed by atoms with van der Waals surface area (Å²) >= 11 is 0. The molecule has 0 aliphatic heterocycles. The molecule has 0 atom stereocenters. The fraction of sp³-hybridized carbons (Fsp3) is 0.167. The van der Waals surface area contributed by atoms with Crippen LogP contribution in [-0.2, 0) is 12.7 Å². The van der Waals surface area contributed by atoms with Gasteiger partial charge in [-0.05, 0) is 35.9 Å². The fourth-order valence-electron chi connectivity index (χ4n) is 3.15. The van der Waals surface area contributed by atoms with Crippen molar-refractivity contribution < 1.29 is 17.9 Å². The van der Waals surface area contributed by atoms with Crippen LogP contribution in [0.3, 0.4) is 0 Å². The Hall–Kier alpha value is -3.56. The topological polar surface area (TPSA) is 74.2 Å². The Morgan fingerprint density at radius 3 is 2.36 bits per heavy atom. The molecule has 0 spiro atoms. The summed E-state index contributed by atoms with van der Waals surface area (Å²) in [6.45, 7) is -0.395. The molecule has 0 saturated carbocycles. The summed E-state index contributed by atoms with van der Waals surface area (Å²) in [6, 6.07) is 8.72. The molecule has 0 unspecified atom stereocenters. The van der Waals surface area contributed by atoms with Gasteiger partial charge in [-0.2, -0.15) is 22.2 Å². The van der Waals surface area contributed by atoms with E-state index in [1.807, 2.05) is 0 Å². The van der Waals surface area contributed by atoms with E-state index in [0.717, 1.165) is 21.2 Å². The summed E-state index contributed by atoms with van der Waals surface area (Å²) in [6.07, 6.45) is -4.55. The number of ether oxygens (including phenoxy) is 1. The van der Waals surface area contributed by atoms with E-state index in [9.17, 15) is 27.6 Å². The lowest BCUT2D eigenvalue weighted by molar-refractivity contribution is -0.137. The van der Waals surface area contributed by atoms with Gasteiger partial charge in [0.15, 0.2) is 0 Å². The average molecular weight is 391 g/mol. The van der Waals surface area contributed by atoms with E-state index in [1.165, 1.54) is 37.4 Å². The molecule has 4 aromatic rings. The standard InChI is InChI=1S/C18H12F3N3O4/c1-28-12-5-6-14-13(8-12)15(25)24-17(27)22(16(26)23(14)24)9-10-3-2-4-11(7-10)18(19,20)21/h2-8H,9H2,1H3. The van der Waals surface area contributed by atoms with Gasteiger partial charge in [0.2, 0.25) is 0 Å². The van der Waals surface area contributed by atoms with Gasteiger partial charge in [-0.1, -0.05) is 12.1 Å². The average Bonchev–Trinajstić information content (AvgIpc) is 3.09. The number of fused-ring (bicyclic) bond motifs is 3. The number of benzene rings is 2. The van der Waals surface area contributed by atoms with Gasteiger partial charge < -0.3 is 4.74 Å². The minimum absolute atomic E-state index is 0.112. The zero-order chi connectivity index (χ0) is 20.2. The number of rotatable bonds is 3. The normalized spacial score (nSPS) is 12.1. The third kappa shape index (κ3) is 2.56. The Labute approximate surface area is 153 Å². The predicted octanol–water partition coefficient (Wildman–Crippen LogP) is 1.59. The van der Waals surface area contributed by atoms with Gasteiger partial charge in [-0.25, -0.2) is 14.2 Å². The first-order valence-corrected chi connectivity index (χ1v) is 8.06. The minimum Gasteiger partial charge on any atom is -0.497 e. The summed E-state index contributed by atoms with van der Waals surface area (Å²) in [5, 5.41) is 0.125. The molecule has 144 valence electrons. The van der Waals surface area contributed by atoms with Crippen LogP contribution in [0.4, 0.5) is 13.2 Å². The lowest BCUT2D eigenvalue weighted by Crippen LogP contribution is -2.31. The summed E-state index contributed by atoms with van der Waals surface area (Å²) < 4.78 is 46.0. The number of hydrogen-bond donors (Lipinski definition) is 0. The number of nitrogens with zero attached hydrogens (tertiary/aromatic N) is 3. The highest BCUT2D eigenvalue weighted by Crippen LogP contribution is 2.29. The predicted molar refractivity (Wildman–Crippen MR) is 93.4 cm³/mol. The highest BCUT2D eigenvalue weighted by Gasteiger charge is 2.30. The van der Waals surface area contributed by atoms with Crippen LogP contribution in [0, 0.1) is 0 Å². The van der Waals surface area contributed by atoms with Crippen molar-refractivity contribution in [3.05, 3.63) is 84.9 Å². The number of halogens is 3. The van der Waals surface area contributed by atoms with Crippen molar-refractivity contribution in [1.82, 2.24) is 13.6 Å². The fourth-order valence-corrected chi connectivity index (χ4v) is 3.15. The van der Waals surface area contributed by atoms with Crippen LogP contribution in [-0.4, -0.2) is 20.7 Å². The molecular formula is C18H12F3N3O4. The number of aromatic nitrogens is 3. The van der Waals surface area contributed by atoms with Gasteiger partial charge >= 0.3 is 17.6 Å². The first kappa shape index (κ1) is 17.8. The van der Waals surface area contributed by atoms with Crippen LogP contribution < -0.4 is 21.7 Å². The van der Waals surface area contributed by atoms with E-state index < -0.39 is 35.2 Å². The van der Waals surface area contributed by atoms with E-state index in [4.69, 9.17) is 4.74 Å². The second-order valence-electron chi connectivity index (χ2n) is 6.16. The van der Waals surface area contributed by atoms with Crippen molar-refractivity contribution in [2.75, 3.05) is 7.11 Å². The van der Waals surface area contributed by atoms with Crippen LogP contribution in [0.15, 0.2) is 56.8 Å². The third-order valence-electron chi connectivity index (χ3n) is 4.47. The second-order valence-corrected chi connectivity index (χ2v) is 6.16. The zero-order valence-corrected chi connectivity index (χ0v) is 14.4. The number of methoxy groups -OCH3 is 1. The summed E-state index contributed by atoms with van der Waals surface area (Å²) in [4.78, 5) is 37.9. The van der Waals surface area contributed by atoms with Gasteiger partial charge in [0, 0.05) is 0 Å². The van der Waals surface area contributed by atoms with Gasteiger partial charge in [-0.3, -0.25) is 4.79 Å². The highest BCUT2D eigenvalue weighted by molar-refractivity contribution is 5.80. The molecule has 0 amide bonds. The monoisotopic (exact) mass is 391 g/mol. The Morgan fingerprint density at radius 2 is 1.68 bits per heavy atom. The second kappa shape index (κ2) is 5.98. The number of alkyl halides is 3. The molecule has 0 radical (unpaired) electrons. The van der Waals surface area contributed by atoms with Crippen molar-refractivity contribution in [3.63, 3.8) is 0 Å². The van der Waals surface area contributed by atoms with Gasteiger partial charge in [-0.15, -0.1) is 0 Å². The first-order valence-electron chi connectivity index (χ1n) is 8.06. The van der Waals surface area contributed by atoms with Crippen molar-refractivity contribution in [1.29, 1.82) is 0 Å². The number of hydrogen-bond acceptors (Lipinski definition) is 4. The Kier molecular flexibility index (Phi) is 3.81. The quantitative estimate of drug-likeness (QED) is 0.532. The van der Waals surface area contributed by atoms with E-state index in [2.05, 4.69) is 0 Å². The molecule has 4 rings (SSSR count). The van der Waals surface area contributed by atoms with Gasteiger partial charge in [0.25, 0.3) is 5.56 Å². The van der Waals surface area contributed by atoms with E-state index >= 15 is 0 Å². The maximum atomic E-state index is 12.9. The van der Waals surface area contributed by atoms with Crippen LogP contribution in [0.5, 0.6) is 5.75 Å². The van der Waals surface area contributed by atoms with Crippen molar-refractivity contribution >= 4 is 10.9 Å². The Balaban J connectivity index is 1.91. The van der Waals surface area contributed by atoms with E-state index in [0.29, 0.717) is 10.3 Å². The molecule has 10 heteroatoms. The third-order valence-corrected chi connectivity index (χ3v) is 4.47. The minimum atomic E-state index is -4.55. The Morgan fingerprint density at radius 1 is 0.964 bits per heavy atom. The molecule has 7 nitrogen and oxygen atoms in total. The molecule has 28 heavy (non-hydrogen) atoms. The summed E-state index contributed by atoms with van der Waals surface area (Å²) in [5.74, 6) is 0.384. The lowest BCUT2D eigenvalue weighted by atomic mass is 10.1. The van der Waals surface area contributed by atoms with Crippen molar-refractivity contribution in [2.24, 2.45) is 0 Å². The molecule has 0 fully saturated rings. The van der Waals surface area contributed by atoms with Crippen molar-refractivity contribution in [2.45, 2.75) is 12.7 Å². The molecule has 0 bridgehead atoms. The molecule has 0 aliphatic carbocycles. The van der Waals surface area contributed by atoms with Crippen LogP contribution >= 0.6 is 0 Å². The summed E-state index contributed by atoms with van der Waals surface area (Å²) in [5.41, 5.74) is -3.03. The molecule has 2 aromatic heterocycles. The summed E-state index contributed by atoms with van der Waals surface area (Å²) in [7, 11) is 1.41. The molecule has 2 heterocycles. The maximum absolute atomic E-state index is 12.9. The SMILES string of the molecule is COc1ccc2c(c1)c(=O)n1c(=O)n(Cc3cccc(C(F)(F)F)c3)c(=O)n21. The molecule has 2 aromatic carbocycles. The molecule has 0 aliphatic rings. The van der Waals surface area contributed by atoms with Crippen LogP contribution in [0.1, 0.15) is 11.1 Å². The first-order chi connectivity index (χ1) is 13.2. The van der Waals surface area contributed by atoms with Gasteiger partial charge in [0.1, 0.15) is 5.75 Å². The van der Waals surface area contributed by atoms with Crippen LogP contribution in [0.2, 0.25) is 0 Å². The van der Waals surface area contributed by atoms with Gasteiger partial charge in [0.05, 0.1) is 30.1 Å². The zero-order valence-electron chi connectivity index (χ0n) is 14.4. The van der Waals surface area contributed by atoms with Crippen LogP contribution in [0.25, 0.3) is 10.9 Å². The lowest BCUT2D eigenvalue weighted by Gasteiger charge is -2.08. The smallest absolute Gasteiger partial charge is 0.416 e. The van der Waals surface area contributed by atoms with E-state index in [-0.39, 0.29) is 16.5 Å². The molecule has 0 saturated heterocycles. The highest BCUT2D eigenvalue weighted by atomic mass is 19.4. The molecular weight excluding hydrogens is 379 g/mol. The Bertz CT molecular complexity index is 1380. The van der Waals surface area contributed by atoms with E-state index in [1.54, 1.807) is 0 Å².